The Morgan fingerprint density at radius 2 is 2.00 bits per heavy atom. The highest BCUT2D eigenvalue weighted by Gasteiger charge is 2.41. The number of hydrogen-bond acceptors (Lipinski definition) is 2. The van der Waals surface area contributed by atoms with Crippen molar-refractivity contribution in [2.45, 2.75) is 24.7 Å². The molecule has 1 heterocycles. The smallest absolute Gasteiger partial charge is 0.101 e. The van der Waals surface area contributed by atoms with Crippen molar-refractivity contribution in [3.63, 3.8) is 0 Å². The molecule has 3 rings (SSSR count). The molecule has 18 heavy (non-hydrogen) atoms. The van der Waals surface area contributed by atoms with Crippen LogP contribution >= 0.6 is 0 Å². The van der Waals surface area contributed by atoms with Gasteiger partial charge in [0.25, 0.3) is 0 Å². The fourth-order valence-electron chi connectivity index (χ4n) is 3.34. The van der Waals surface area contributed by atoms with Gasteiger partial charge in [-0.2, -0.15) is 5.26 Å². The van der Waals surface area contributed by atoms with Gasteiger partial charge in [-0.05, 0) is 42.7 Å². The summed E-state index contributed by atoms with van der Waals surface area (Å²) < 4.78 is 0. The third kappa shape index (κ3) is 1.62. The summed E-state index contributed by atoms with van der Waals surface area (Å²) in [4.78, 5) is 4.16. The third-order valence-electron chi connectivity index (χ3n) is 4.18. The molecule has 2 nitrogen and oxygen atoms in total. The van der Waals surface area contributed by atoms with E-state index in [0.29, 0.717) is 17.4 Å². The molecule has 1 aromatic heterocycles. The molecule has 0 saturated heterocycles. The van der Waals surface area contributed by atoms with Crippen LogP contribution < -0.4 is 0 Å². The van der Waals surface area contributed by atoms with Crippen LogP contribution in [-0.2, 0) is 5.41 Å². The van der Waals surface area contributed by atoms with Crippen molar-refractivity contribution in [2.24, 2.45) is 11.8 Å². The Balaban J connectivity index is 2.02. The number of rotatable bonds is 1. The Kier molecular flexibility index (Phi) is 2.46. The van der Waals surface area contributed by atoms with Crippen LogP contribution in [0.25, 0.3) is 0 Å². The Hall–Kier alpha value is -2.06. The minimum Gasteiger partial charge on any atom is -0.263 e. The predicted molar refractivity (Wildman–Crippen MR) is 69.4 cm³/mol. The molecule has 0 radical (unpaired) electrons. The van der Waals surface area contributed by atoms with Gasteiger partial charge in [-0.3, -0.25) is 4.98 Å². The molecule has 0 N–H and O–H groups in total. The van der Waals surface area contributed by atoms with Crippen molar-refractivity contribution >= 4 is 0 Å². The molecule has 88 valence electrons. The van der Waals surface area contributed by atoms with E-state index in [2.05, 4.69) is 29.1 Å². The first kappa shape index (κ1) is 11.1. The van der Waals surface area contributed by atoms with Crippen LogP contribution in [0.4, 0.5) is 0 Å². The van der Waals surface area contributed by atoms with Crippen LogP contribution in [0.3, 0.4) is 0 Å². The summed E-state index contributed by atoms with van der Waals surface area (Å²) in [5.74, 6) is 4.17. The van der Waals surface area contributed by atoms with Gasteiger partial charge in [-0.25, -0.2) is 0 Å². The topological polar surface area (TPSA) is 36.7 Å². The normalized spacial score (nSPS) is 32.8. The summed E-state index contributed by atoms with van der Waals surface area (Å²) in [5, 5.41) is 8.98. The minimum atomic E-state index is -0.239. The number of allylic oxidation sites excluding steroid dienone is 2. The Bertz CT molecular complexity index is 572. The number of hydrogen-bond donors (Lipinski definition) is 0. The zero-order valence-corrected chi connectivity index (χ0v) is 10.1. The predicted octanol–water partition coefficient (Wildman–Crippen LogP) is 2.81. The van der Waals surface area contributed by atoms with Crippen molar-refractivity contribution in [3.8, 4) is 18.4 Å². The standard InChI is InChI=1S/C16H14N2/c1-2-16(7-12-3-4-13(5-12)8-16)15-6-14(9-17)10-18-11-15/h1,3-4,6,10-13H,5,7-8H2. The molecule has 2 aliphatic carbocycles. The lowest BCUT2D eigenvalue weighted by Gasteiger charge is -2.37. The van der Waals surface area contributed by atoms with E-state index in [1.54, 1.807) is 6.20 Å². The number of fused-ring (bicyclic) bond motifs is 2. The molecule has 0 aromatic carbocycles. The maximum absolute atomic E-state index is 8.98. The van der Waals surface area contributed by atoms with E-state index in [1.807, 2.05) is 12.3 Å². The largest absolute Gasteiger partial charge is 0.263 e. The van der Waals surface area contributed by atoms with Crippen LogP contribution in [0, 0.1) is 35.5 Å². The lowest BCUT2D eigenvalue weighted by Crippen LogP contribution is -2.33. The summed E-state index contributed by atoms with van der Waals surface area (Å²) in [6, 6.07) is 4.04. The van der Waals surface area contributed by atoms with E-state index in [0.717, 1.165) is 18.4 Å². The highest BCUT2D eigenvalue weighted by atomic mass is 14.6. The average Bonchev–Trinajstić information content (AvgIpc) is 2.78. The van der Waals surface area contributed by atoms with E-state index in [4.69, 9.17) is 11.7 Å². The van der Waals surface area contributed by atoms with E-state index in [9.17, 15) is 0 Å². The van der Waals surface area contributed by atoms with Gasteiger partial charge in [0.1, 0.15) is 6.07 Å². The van der Waals surface area contributed by atoms with Crippen LogP contribution in [0.5, 0.6) is 0 Å². The summed E-state index contributed by atoms with van der Waals surface area (Å²) in [7, 11) is 0. The first-order valence-electron chi connectivity index (χ1n) is 6.27. The second-order valence-corrected chi connectivity index (χ2v) is 5.35. The number of aromatic nitrogens is 1. The van der Waals surface area contributed by atoms with Crippen LogP contribution in [0.15, 0.2) is 30.6 Å². The SMILES string of the molecule is C#CC1(c2cncc(C#N)c2)CC2C=CC(C2)C1. The van der Waals surface area contributed by atoms with Gasteiger partial charge in [0.15, 0.2) is 0 Å². The number of nitriles is 1. The van der Waals surface area contributed by atoms with Crippen molar-refractivity contribution in [1.29, 1.82) is 5.26 Å². The van der Waals surface area contributed by atoms with Gasteiger partial charge in [0.2, 0.25) is 0 Å². The molecule has 2 atom stereocenters. The molecule has 2 bridgehead atoms. The van der Waals surface area contributed by atoms with Gasteiger partial charge in [0.05, 0.1) is 11.0 Å². The molecule has 1 aromatic rings. The lowest BCUT2D eigenvalue weighted by atomic mass is 9.65. The van der Waals surface area contributed by atoms with E-state index >= 15 is 0 Å². The van der Waals surface area contributed by atoms with Crippen LogP contribution in [0.1, 0.15) is 30.4 Å². The van der Waals surface area contributed by atoms with Gasteiger partial charge >= 0.3 is 0 Å². The molecule has 1 fully saturated rings. The quantitative estimate of drug-likeness (QED) is 0.553. The molecule has 2 unspecified atom stereocenters. The fourth-order valence-corrected chi connectivity index (χ4v) is 3.34. The summed E-state index contributed by atoms with van der Waals surface area (Å²) in [6.07, 6.45) is 17.0. The third-order valence-corrected chi connectivity index (χ3v) is 4.18. The molecular formula is C16H14N2. The molecular weight excluding hydrogens is 220 g/mol. The highest BCUT2D eigenvalue weighted by molar-refractivity contribution is 5.40. The summed E-state index contributed by atoms with van der Waals surface area (Å²) in [6.45, 7) is 0. The molecule has 0 aliphatic heterocycles. The highest BCUT2D eigenvalue weighted by Crippen LogP contribution is 2.48. The second-order valence-electron chi connectivity index (χ2n) is 5.35. The molecule has 2 heteroatoms. The number of nitrogens with zero attached hydrogens (tertiary/aromatic N) is 2. The van der Waals surface area contributed by atoms with Crippen LogP contribution in [0.2, 0.25) is 0 Å². The fraction of sp³-hybridized carbons (Fsp3) is 0.375. The Morgan fingerprint density at radius 3 is 2.61 bits per heavy atom. The molecule has 0 spiro atoms. The molecule has 0 amide bonds. The zero-order chi connectivity index (χ0) is 12.6. The Labute approximate surface area is 107 Å². The summed E-state index contributed by atoms with van der Waals surface area (Å²) in [5.41, 5.74) is 1.38. The average molecular weight is 234 g/mol. The maximum atomic E-state index is 8.98. The zero-order valence-electron chi connectivity index (χ0n) is 10.1. The van der Waals surface area contributed by atoms with E-state index in [-0.39, 0.29) is 5.41 Å². The van der Waals surface area contributed by atoms with Crippen molar-refractivity contribution < 1.29 is 0 Å². The van der Waals surface area contributed by atoms with Gasteiger partial charge in [0, 0.05) is 12.4 Å². The van der Waals surface area contributed by atoms with Crippen LogP contribution in [-0.4, -0.2) is 4.98 Å². The van der Waals surface area contributed by atoms with Gasteiger partial charge < -0.3 is 0 Å². The van der Waals surface area contributed by atoms with E-state index in [1.165, 1.54) is 6.42 Å². The maximum Gasteiger partial charge on any atom is 0.101 e. The second kappa shape index (κ2) is 4.00. The van der Waals surface area contributed by atoms with Gasteiger partial charge in [-0.1, -0.05) is 18.1 Å². The number of terminal acetylenes is 1. The van der Waals surface area contributed by atoms with Crippen molar-refractivity contribution in [1.82, 2.24) is 4.98 Å². The molecule has 1 saturated carbocycles. The number of pyridine rings is 1. The first-order valence-corrected chi connectivity index (χ1v) is 6.27. The minimum absolute atomic E-state index is 0.239. The Morgan fingerprint density at radius 1 is 1.28 bits per heavy atom. The lowest BCUT2D eigenvalue weighted by molar-refractivity contribution is 0.284. The summed E-state index contributed by atoms with van der Waals surface area (Å²) >= 11 is 0. The van der Waals surface area contributed by atoms with Crippen molar-refractivity contribution in [3.05, 3.63) is 41.7 Å². The molecule has 2 aliphatic rings. The van der Waals surface area contributed by atoms with E-state index < -0.39 is 0 Å². The van der Waals surface area contributed by atoms with Gasteiger partial charge in [-0.15, -0.1) is 6.42 Å². The first-order chi connectivity index (χ1) is 8.75. The monoisotopic (exact) mass is 234 g/mol. The van der Waals surface area contributed by atoms with Crippen molar-refractivity contribution in [2.75, 3.05) is 0 Å².